The standard InChI is InChI=1S/C30H42O7Si/c1-24(31)33-20-30(21-34-25(2)32)22-35-28(36-23-30)18-12-13-19-37-38(29(3,4)5,26-14-8-6-9-15-26)27-16-10-7-11-17-27/h6-11,14-17,28H,12-13,18-23H2,1-5H3. The number of hydrogen-bond acceptors (Lipinski definition) is 7. The third kappa shape index (κ3) is 7.76. The molecule has 1 saturated heterocycles. The molecule has 1 aliphatic heterocycles. The third-order valence-corrected chi connectivity index (χ3v) is 11.9. The van der Waals surface area contributed by atoms with Gasteiger partial charge in [0.25, 0.3) is 8.32 Å². The van der Waals surface area contributed by atoms with Gasteiger partial charge in [0.1, 0.15) is 13.2 Å². The first kappa shape index (κ1) is 30.0. The minimum absolute atomic E-state index is 0.0570. The molecule has 0 N–H and O–H groups in total. The molecule has 0 unspecified atom stereocenters. The molecule has 3 rings (SSSR count). The van der Waals surface area contributed by atoms with E-state index in [4.69, 9.17) is 23.4 Å². The molecule has 0 aliphatic carbocycles. The van der Waals surface area contributed by atoms with E-state index in [1.807, 2.05) is 12.1 Å². The molecule has 0 aromatic heterocycles. The Kier molecular flexibility index (Phi) is 10.7. The lowest BCUT2D eigenvalue weighted by molar-refractivity contribution is -0.249. The van der Waals surface area contributed by atoms with Gasteiger partial charge in [-0.3, -0.25) is 9.59 Å². The summed E-state index contributed by atoms with van der Waals surface area (Å²) in [7, 11) is -2.54. The molecule has 8 heteroatoms. The van der Waals surface area contributed by atoms with Crippen molar-refractivity contribution in [2.75, 3.05) is 33.0 Å². The summed E-state index contributed by atoms with van der Waals surface area (Å²) in [6.45, 7) is 10.9. The van der Waals surface area contributed by atoms with Crippen LogP contribution < -0.4 is 10.4 Å². The number of carbonyl (C=O) groups is 2. The summed E-state index contributed by atoms with van der Waals surface area (Å²) in [5.74, 6) is -0.787. The molecule has 0 radical (unpaired) electrons. The first-order valence-electron chi connectivity index (χ1n) is 13.3. The predicted octanol–water partition coefficient (Wildman–Crippen LogP) is 4.22. The lowest BCUT2D eigenvalue weighted by atomic mass is 9.91. The van der Waals surface area contributed by atoms with Gasteiger partial charge in [-0.2, -0.15) is 0 Å². The summed E-state index contributed by atoms with van der Waals surface area (Å²) in [4.78, 5) is 22.7. The molecule has 0 spiro atoms. The van der Waals surface area contributed by atoms with E-state index in [0.29, 0.717) is 6.61 Å². The Hall–Kier alpha value is -2.52. The van der Waals surface area contributed by atoms with Crippen LogP contribution in [0.1, 0.15) is 53.9 Å². The molecule has 7 nitrogen and oxygen atoms in total. The van der Waals surface area contributed by atoms with Crippen LogP contribution in [0.15, 0.2) is 60.7 Å². The molecule has 0 amide bonds. The highest BCUT2D eigenvalue weighted by molar-refractivity contribution is 6.99. The molecule has 0 bridgehead atoms. The quantitative estimate of drug-likeness (QED) is 0.226. The number of esters is 2. The molecule has 2 aromatic rings. The summed E-state index contributed by atoms with van der Waals surface area (Å²) in [5.41, 5.74) is -0.694. The maximum Gasteiger partial charge on any atom is 0.302 e. The summed E-state index contributed by atoms with van der Waals surface area (Å²) >= 11 is 0. The van der Waals surface area contributed by atoms with Gasteiger partial charge in [-0.15, -0.1) is 0 Å². The van der Waals surface area contributed by atoms with Gasteiger partial charge >= 0.3 is 11.9 Å². The fourth-order valence-corrected chi connectivity index (χ4v) is 9.52. The minimum Gasteiger partial charge on any atom is -0.465 e. The lowest BCUT2D eigenvalue weighted by Gasteiger charge is -2.43. The van der Waals surface area contributed by atoms with Crippen LogP contribution in [-0.4, -0.2) is 59.6 Å². The van der Waals surface area contributed by atoms with Crippen LogP contribution in [0.25, 0.3) is 0 Å². The Morgan fingerprint density at radius 1 is 0.842 bits per heavy atom. The van der Waals surface area contributed by atoms with Gasteiger partial charge in [0.15, 0.2) is 6.29 Å². The second kappa shape index (κ2) is 13.5. The largest absolute Gasteiger partial charge is 0.465 e. The third-order valence-electron chi connectivity index (χ3n) is 6.88. The Labute approximate surface area is 227 Å². The summed E-state index contributed by atoms with van der Waals surface area (Å²) < 4.78 is 29.3. The summed E-state index contributed by atoms with van der Waals surface area (Å²) in [5, 5.41) is 2.49. The molecule has 1 aliphatic rings. The Bertz CT molecular complexity index is 952. The predicted molar refractivity (Wildman–Crippen MR) is 149 cm³/mol. The van der Waals surface area contributed by atoms with Crippen LogP contribution in [0.4, 0.5) is 0 Å². The number of rotatable bonds is 12. The van der Waals surface area contributed by atoms with Crippen molar-refractivity contribution in [2.45, 2.75) is 65.2 Å². The zero-order valence-electron chi connectivity index (χ0n) is 23.4. The zero-order valence-corrected chi connectivity index (χ0v) is 24.4. The average Bonchev–Trinajstić information content (AvgIpc) is 2.90. The van der Waals surface area contributed by atoms with Gasteiger partial charge in [-0.1, -0.05) is 81.4 Å². The highest BCUT2D eigenvalue weighted by Gasteiger charge is 2.50. The Morgan fingerprint density at radius 2 is 1.32 bits per heavy atom. The molecule has 0 atom stereocenters. The van der Waals surface area contributed by atoms with Crippen molar-refractivity contribution in [1.29, 1.82) is 0 Å². The smallest absolute Gasteiger partial charge is 0.302 e. The number of hydrogen-bond donors (Lipinski definition) is 0. The van der Waals surface area contributed by atoms with Crippen LogP contribution in [0.3, 0.4) is 0 Å². The van der Waals surface area contributed by atoms with Gasteiger partial charge in [0, 0.05) is 20.5 Å². The zero-order chi connectivity index (χ0) is 27.7. The SMILES string of the molecule is CC(=O)OCC1(COC(C)=O)COC(CCCCO[Si](c2ccccc2)(c2ccccc2)C(C)(C)C)OC1. The lowest BCUT2D eigenvalue weighted by Crippen LogP contribution is -2.66. The van der Waals surface area contributed by atoms with E-state index in [-0.39, 0.29) is 37.8 Å². The van der Waals surface area contributed by atoms with Crippen molar-refractivity contribution in [1.82, 2.24) is 0 Å². The van der Waals surface area contributed by atoms with E-state index in [1.165, 1.54) is 24.2 Å². The van der Waals surface area contributed by atoms with Crippen LogP contribution in [-0.2, 0) is 33.0 Å². The molecule has 38 heavy (non-hydrogen) atoms. The van der Waals surface area contributed by atoms with Crippen LogP contribution in [0.5, 0.6) is 0 Å². The van der Waals surface area contributed by atoms with Crippen molar-refractivity contribution < 1.29 is 33.0 Å². The second-order valence-electron chi connectivity index (χ2n) is 11.1. The van der Waals surface area contributed by atoms with E-state index in [2.05, 4.69) is 69.3 Å². The monoisotopic (exact) mass is 542 g/mol. The van der Waals surface area contributed by atoms with Gasteiger partial charge in [-0.05, 0) is 34.7 Å². The van der Waals surface area contributed by atoms with Crippen molar-refractivity contribution in [2.24, 2.45) is 5.41 Å². The van der Waals surface area contributed by atoms with Crippen LogP contribution in [0, 0.1) is 5.41 Å². The van der Waals surface area contributed by atoms with Gasteiger partial charge in [0.05, 0.1) is 18.6 Å². The van der Waals surface area contributed by atoms with E-state index >= 15 is 0 Å². The summed E-state index contributed by atoms with van der Waals surface area (Å²) in [6.07, 6.45) is 2.12. The highest BCUT2D eigenvalue weighted by Crippen LogP contribution is 2.37. The Balaban J connectivity index is 1.58. The van der Waals surface area contributed by atoms with Crippen LogP contribution >= 0.6 is 0 Å². The van der Waals surface area contributed by atoms with E-state index < -0.39 is 25.7 Å². The average molecular weight is 543 g/mol. The molecule has 1 fully saturated rings. The number of unbranched alkanes of at least 4 members (excludes halogenated alkanes) is 1. The normalized spacial score (nSPS) is 16.1. The fourth-order valence-electron chi connectivity index (χ4n) is 4.91. The maximum absolute atomic E-state index is 11.3. The second-order valence-corrected chi connectivity index (χ2v) is 15.4. The van der Waals surface area contributed by atoms with E-state index in [1.54, 1.807) is 0 Å². The molecule has 1 heterocycles. The van der Waals surface area contributed by atoms with Gasteiger partial charge in [-0.25, -0.2) is 0 Å². The first-order valence-corrected chi connectivity index (χ1v) is 15.2. The van der Waals surface area contributed by atoms with Crippen molar-refractivity contribution >= 4 is 30.6 Å². The number of benzene rings is 2. The van der Waals surface area contributed by atoms with Gasteiger partial charge < -0.3 is 23.4 Å². The first-order chi connectivity index (χ1) is 18.1. The minimum atomic E-state index is -2.54. The highest BCUT2D eigenvalue weighted by atomic mass is 28.4. The summed E-state index contributed by atoms with van der Waals surface area (Å²) in [6, 6.07) is 21.3. The van der Waals surface area contributed by atoms with Crippen molar-refractivity contribution in [3.05, 3.63) is 60.7 Å². The number of carbonyl (C=O) groups excluding carboxylic acids is 2. The van der Waals surface area contributed by atoms with Gasteiger partial charge in [0.2, 0.25) is 0 Å². The molecule has 0 saturated carbocycles. The number of ether oxygens (including phenoxy) is 4. The topological polar surface area (TPSA) is 80.3 Å². The van der Waals surface area contributed by atoms with E-state index in [0.717, 1.165) is 19.3 Å². The van der Waals surface area contributed by atoms with Crippen LogP contribution in [0.2, 0.25) is 5.04 Å². The van der Waals surface area contributed by atoms with Crippen molar-refractivity contribution in [3.63, 3.8) is 0 Å². The van der Waals surface area contributed by atoms with E-state index in [9.17, 15) is 9.59 Å². The molecule has 208 valence electrons. The molecule has 2 aromatic carbocycles. The maximum atomic E-state index is 11.3. The molecular weight excluding hydrogens is 500 g/mol. The Morgan fingerprint density at radius 3 is 1.74 bits per heavy atom. The fraction of sp³-hybridized carbons (Fsp3) is 0.533. The van der Waals surface area contributed by atoms with Crippen molar-refractivity contribution in [3.8, 4) is 0 Å². The molecular formula is C30H42O7Si.